The minimum Gasteiger partial charge on any atom is -0.496 e. The van der Waals surface area contributed by atoms with Gasteiger partial charge < -0.3 is 14.2 Å². The normalized spacial score (nSPS) is 19.0. The minimum absolute atomic E-state index is 0.187. The molecular weight excluding hydrogens is 220 g/mol. The van der Waals surface area contributed by atoms with Gasteiger partial charge in [-0.2, -0.15) is 0 Å². The van der Waals surface area contributed by atoms with E-state index < -0.39 is 0 Å². The van der Waals surface area contributed by atoms with Gasteiger partial charge in [-0.05, 0) is 25.0 Å². The molecule has 0 amide bonds. The molecule has 0 aliphatic carbocycles. The molecule has 0 aromatic heterocycles. The Morgan fingerprint density at radius 2 is 2.41 bits per heavy atom. The van der Waals surface area contributed by atoms with Gasteiger partial charge in [-0.15, -0.1) is 0 Å². The van der Waals surface area contributed by atoms with Gasteiger partial charge in [0.1, 0.15) is 18.1 Å². The molecule has 1 saturated heterocycles. The lowest BCUT2D eigenvalue weighted by atomic mass is 10.2. The molecule has 0 bridgehead atoms. The van der Waals surface area contributed by atoms with Crippen LogP contribution in [0.4, 0.5) is 0 Å². The maximum absolute atomic E-state index is 10.7. The Kier molecular flexibility index (Phi) is 3.98. The lowest BCUT2D eigenvalue weighted by molar-refractivity contribution is 0.0678. The topological polar surface area (TPSA) is 44.8 Å². The number of methoxy groups -OCH3 is 1. The predicted molar refractivity (Wildman–Crippen MR) is 62.9 cm³/mol. The van der Waals surface area contributed by atoms with Gasteiger partial charge in [0.25, 0.3) is 0 Å². The first-order chi connectivity index (χ1) is 8.33. The molecule has 1 atom stereocenters. The quantitative estimate of drug-likeness (QED) is 0.734. The molecule has 1 fully saturated rings. The molecule has 1 aromatic carbocycles. The molecule has 1 aromatic rings. The smallest absolute Gasteiger partial charge is 0.153 e. The molecule has 4 nitrogen and oxygen atoms in total. The Labute approximate surface area is 100 Å². The monoisotopic (exact) mass is 236 g/mol. The maximum atomic E-state index is 10.7. The molecule has 1 aliphatic rings. The zero-order chi connectivity index (χ0) is 12.1. The highest BCUT2D eigenvalue weighted by Crippen LogP contribution is 2.24. The Bertz CT molecular complexity index is 383. The zero-order valence-electron chi connectivity index (χ0n) is 9.85. The number of benzene rings is 1. The van der Waals surface area contributed by atoms with E-state index >= 15 is 0 Å². The van der Waals surface area contributed by atoms with Gasteiger partial charge in [0.2, 0.25) is 0 Å². The van der Waals surface area contributed by atoms with E-state index in [4.69, 9.17) is 14.2 Å². The summed E-state index contributed by atoms with van der Waals surface area (Å²) < 4.78 is 16.2. The van der Waals surface area contributed by atoms with Crippen LogP contribution in [0.15, 0.2) is 18.2 Å². The number of hydrogen-bond donors (Lipinski definition) is 0. The highest BCUT2D eigenvalue weighted by atomic mass is 16.5. The van der Waals surface area contributed by atoms with E-state index in [2.05, 4.69) is 0 Å². The average Bonchev–Trinajstić information content (AvgIpc) is 2.89. The standard InChI is InChI=1S/C13H16O4/c1-15-13-7-11(5-4-10(13)8-14)17-9-12-3-2-6-16-12/h4-5,7-8,12H,2-3,6,9H2,1H3. The van der Waals surface area contributed by atoms with Crippen molar-refractivity contribution in [1.82, 2.24) is 0 Å². The summed E-state index contributed by atoms with van der Waals surface area (Å²) in [5.74, 6) is 1.23. The van der Waals surface area contributed by atoms with E-state index in [1.165, 1.54) is 7.11 Å². The van der Waals surface area contributed by atoms with E-state index in [0.717, 1.165) is 25.7 Å². The van der Waals surface area contributed by atoms with Crippen LogP contribution in [-0.4, -0.2) is 32.7 Å². The van der Waals surface area contributed by atoms with E-state index in [1.54, 1.807) is 18.2 Å². The third kappa shape index (κ3) is 2.97. The minimum atomic E-state index is 0.187. The summed E-state index contributed by atoms with van der Waals surface area (Å²) >= 11 is 0. The highest BCUT2D eigenvalue weighted by Gasteiger charge is 2.16. The van der Waals surface area contributed by atoms with Crippen molar-refractivity contribution in [3.05, 3.63) is 23.8 Å². The molecule has 0 saturated carbocycles. The molecule has 17 heavy (non-hydrogen) atoms. The van der Waals surface area contributed by atoms with Crippen molar-refractivity contribution in [1.29, 1.82) is 0 Å². The van der Waals surface area contributed by atoms with Gasteiger partial charge in [0.15, 0.2) is 6.29 Å². The largest absolute Gasteiger partial charge is 0.496 e. The molecular formula is C13H16O4. The number of carbonyl (C=O) groups is 1. The van der Waals surface area contributed by atoms with Crippen molar-refractivity contribution < 1.29 is 19.0 Å². The predicted octanol–water partition coefficient (Wildman–Crippen LogP) is 2.07. The molecule has 0 N–H and O–H groups in total. The summed E-state index contributed by atoms with van der Waals surface area (Å²) in [7, 11) is 1.53. The van der Waals surface area contributed by atoms with Crippen molar-refractivity contribution in [3.63, 3.8) is 0 Å². The Hall–Kier alpha value is -1.55. The van der Waals surface area contributed by atoms with Crippen LogP contribution in [0.3, 0.4) is 0 Å². The lowest BCUT2D eigenvalue weighted by Crippen LogP contribution is -2.16. The fourth-order valence-corrected chi connectivity index (χ4v) is 1.84. The van der Waals surface area contributed by atoms with E-state index in [0.29, 0.717) is 23.7 Å². The summed E-state index contributed by atoms with van der Waals surface area (Å²) in [4.78, 5) is 10.7. The van der Waals surface area contributed by atoms with Crippen LogP contribution < -0.4 is 9.47 Å². The number of carbonyl (C=O) groups excluding carboxylic acids is 1. The van der Waals surface area contributed by atoms with Gasteiger partial charge in [0, 0.05) is 12.7 Å². The first-order valence-electron chi connectivity index (χ1n) is 5.71. The second-order valence-corrected chi connectivity index (χ2v) is 3.97. The van der Waals surface area contributed by atoms with Crippen molar-refractivity contribution in [3.8, 4) is 11.5 Å². The Morgan fingerprint density at radius 3 is 3.06 bits per heavy atom. The third-order valence-corrected chi connectivity index (χ3v) is 2.79. The molecule has 4 heteroatoms. The third-order valence-electron chi connectivity index (χ3n) is 2.79. The second kappa shape index (κ2) is 5.68. The molecule has 2 rings (SSSR count). The molecule has 1 aliphatic heterocycles. The number of rotatable bonds is 5. The van der Waals surface area contributed by atoms with Crippen LogP contribution >= 0.6 is 0 Å². The highest BCUT2D eigenvalue weighted by molar-refractivity contribution is 5.79. The van der Waals surface area contributed by atoms with Crippen molar-refractivity contribution >= 4 is 6.29 Å². The Balaban J connectivity index is 1.98. The van der Waals surface area contributed by atoms with E-state index in [9.17, 15) is 4.79 Å². The van der Waals surface area contributed by atoms with Crippen LogP contribution in [0.25, 0.3) is 0 Å². The van der Waals surface area contributed by atoms with Crippen LogP contribution in [-0.2, 0) is 4.74 Å². The van der Waals surface area contributed by atoms with Crippen molar-refractivity contribution in [2.24, 2.45) is 0 Å². The van der Waals surface area contributed by atoms with Gasteiger partial charge in [-0.1, -0.05) is 0 Å². The summed E-state index contributed by atoms with van der Waals surface area (Å²) in [5, 5.41) is 0. The molecule has 0 spiro atoms. The van der Waals surface area contributed by atoms with Crippen LogP contribution in [0.1, 0.15) is 23.2 Å². The summed E-state index contributed by atoms with van der Waals surface area (Å²) in [6.07, 6.45) is 3.10. The van der Waals surface area contributed by atoms with Crippen molar-refractivity contribution in [2.75, 3.05) is 20.3 Å². The van der Waals surface area contributed by atoms with Crippen LogP contribution in [0, 0.1) is 0 Å². The summed E-state index contributed by atoms with van der Waals surface area (Å²) in [6, 6.07) is 5.18. The Morgan fingerprint density at radius 1 is 1.53 bits per heavy atom. The number of hydrogen-bond acceptors (Lipinski definition) is 4. The van der Waals surface area contributed by atoms with Crippen LogP contribution in [0.5, 0.6) is 11.5 Å². The molecule has 92 valence electrons. The summed E-state index contributed by atoms with van der Waals surface area (Å²) in [6.45, 7) is 1.37. The fraction of sp³-hybridized carbons (Fsp3) is 0.462. The van der Waals surface area contributed by atoms with Gasteiger partial charge in [0.05, 0.1) is 18.8 Å². The zero-order valence-corrected chi connectivity index (χ0v) is 9.85. The number of aldehydes is 1. The van der Waals surface area contributed by atoms with Gasteiger partial charge in [-0.25, -0.2) is 0 Å². The first-order valence-corrected chi connectivity index (χ1v) is 5.71. The molecule has 0 radical (unpaired) electrons. The van der Waals surface area contributed by atoms with Crippen molar-refractivity contribution in [2.45, 2.75) is 18.9 Å². The first kappa shape index (κ1) is 11.9. The maximum Gasteiger partial charge on any atom is 0.153 e. The van der Waals surface area contributed by atoms with E-state index in [1.807, 2.05) is 0 Å². The van der Waals surface area contributed by atoms with Gasteiger partial charge in [-0.3, -0.25) is 4.79 Å². The molecule has 1 heterocycles. The fourth-order valence-electron chi connectivity index (χ4n) is 1.84. The van der Waals surface area contributed by atoms with E-state index in [-0.39, 0.29) is 6.10 Å². The molecule has 1 unspecified atom stereocenters. The summed E-state index contributed by atoms with van der Waals surface area (Å²) in [5.41, 5.74) is 0.525. The SMILES string of the molecule is COc1cc(OCC2CCCO2)ccc1C=O. The average molecular weight is 236 g/mol. The van der Waals surface area contributed by atoms with Gasteiger partial charge >= 0.3 is 0 Å². The van der Waals surface area contributed by atoms with Crippen LogP contribution in [0.2, 0.25) is 0 Å². The number of ether oxygens (including phenoxy) is 3. The lowest BCUT2D eigenvalue weighted by Gasteiger charge is -2.12. The second-order valence-electron chi connectivity index (χ2n) is 3.97.